The summed E-state index contributed by atoms with van der Waals surface area (Å²) < 4.78 is 12.3. The number of piperidine rings is 1. The minimum absolute atomic E-state index is 0.249. The van der Waals surface area contributed by atoms with Crippen molar-refractivity contribution in [1.82, 2.24) is 5.32 Å². The van der Waals surface area contributed by atoms with Gasteiger partial charge in [-0.05, 0) is 51.0 Å². The second kappa shape index (κ2) is 6.55. The van der Waals surface area contributed by atoms with Crippen LogP contribution in [0.5, 0.6) is 0 Å². The molecule has 0 bridgehead atoms. The highest BCUT2D eigenvalue weighted by molar-refractivity contribution is 4.91. The van der Waals surface area contributed by atoms with Crippen LogP contribution in [0.15, 0.2) is 0 Å². The predicted molar refractivity (Wildman–Crippen MR) is 76.3 cm³/mol. The van der Waals surface area contributed by atoms with Gasteiger partial charge in [0.15, 0.2) is 0 Å². The minimum atomic E-state index is 0.249. The van der Waals surface area contributed by atoms with Crippen LogP contribution in [0.4, 0.5) is 0 Å². The molecule has 2 saturated heterocycles. The molecule has 110 valence electrons. The second-order valence-electron chi connectivity index (χ2n) is 6.77. The Labute approximate surface area is 117 Å². The molecule has 3 fully saturated rings. The Kier molecular flexibility index (Phi) is 4.78. The molecule has 1 aliphatic carbocycles. The fourth-order valence-electron chi connectivity index (χ4n) is 4.01. The van der Waals surface area contributed by atoms with Gasteiger partial charge in [0.1, 0.15) is 0 Å². The van der Waals surface area contributed by atoms with Crippen LogP contribution in [0.2, 0.25) is 0 Å². The number of nitrogens with one attached hydrogen (secondary N) is 1. The van der Waals surface area contributed by atoms with Crippen molar-refractivity contribution in [2.75, 3.05) is 26.3 Å². The van der Waals surface area contributed by atoms with Gasteiger partial charge in [0, 0.05) is 6.54 Å². The molecule has 0 aromatic heterocycles. The predicted octanol–water partition coefficient (Wildman–Crippen LogP) is 2.88. The van der Waals surface area contributed by atoms with Crippen molar-refractivity contribution in [3.05, 3.63) is 0 Å². The number of ether oxygens (including phenoxy) is 2. The summed E-state index contributed by atoms with van der Waals surface area (Å²) in [5.41, 5.74) is 0.249. The van der Waals surface area contributed by atoms with Crippen LogP contribution in [0.3, 0.4) is 0 Å². The summed E-state index contributed by atoms with van der Waals surface area (Å²) in [6.45, 7) is 4.05. The van der Waals surface area contributed by atoms with Crippen molar-refractivity contribution in [2.45, 2.75) is 69.5 Å². The van der Waals surface area contributed by atoms with Gasteiger partial charge in [-0.2, -0.15) is 0 Å². The molecular formula is C16H29NO2. The Morgan fingerprint density at radius 1 is 1.00 bits per heavy atom. The zero-order valence-electron chi connectivity index (χ0n) is 12.2. The van der Waals surface area contributed by atoms with E-state index in [4.69, 9.17) is 9.47 Å². The molecule has 0 radical (unpaired) electrons. The van der Waals surface area contributed by atoms with Crippen LogP contribution in [-0.4, -0.2) is 38.0 Å². The molecule has 2 aliphatic heterocycles. The molecule has 2 unspecified atom stereocenters. The molecule has 0 aromatic carbocycles. The van der Waals surface area contributed by atoms with E-state index in [2.05, 4.69) is 5.32 Å². The van der Waals surface area contributed by atoms with Crippen LogP contribution in [0, 0.1) is 5.92 Å². The lowest BCUT2D eigenvalue weighted by Crippen LogP contribution is -2.34. The summed E-state index contributed by atoms with van der Waals surface area (Å²) in [4.78, 5) is 0. The highest BCUT2D eigenvalue weighted by Gasteiger charge is 2.40. The van der Waals surface area contributed by atoms with Gasteiger partial charge in [-0.15, -0.1) is 0 Å². The van der Waals surface area contributed by atoms with E-state index in [1.54, 1.807) is 0 Å². The normalized spacial score (nSPS) is 34.7. The summed E-state index contributed by atoms with van der Waals surface area (Å²) in [6.07, 6.45) is 12.2. The van der Waals surface area contributed by atoms with E-state index in [1.807, 2.05) is 0 Å². The summed E-state index contributed by atoms with van der Waals surface area (Å²) in [5.74, 6) is 0.721. The van der Waals surface area contributed by atoms with Crippen molar-refractivity contribution in [3.8, 4) is 0 Å². The van der Waals surface area contributed by atoms with E-state index in [-0.39, 0.29) is 5.60 Å². The van der Waals surface area contributed by atoms with Crippen molar-refractivity contribution < 1.29 is 9.47 Å². The maximum absolute atomic E-state index is 6.34. The van der Waals surface area contributed by atoms with Gasteiger partial charge in [-0.3, -0.25) is 0 Å². The molecular weight excluding hydrogens is 238 g/mol. The van der Waals surface area contributed by atoms with E-state index < -0.39 is 0 Å². The van der Waals surface area contributed by atoms with E-state index in [0.29, 0.717) is 6.10 Å². The Bertz CT molecular complexity index is 270. The molecule has 1 spiro atoms. The van der Waals surface area contributed by atoms with Gasteiger partial charge in [0.25, 0.3) is 0 Å². The van der Waals surface area contributed by atoms with Crippen LogP contribution in [-0.2, 0) is 9.47 Å². The van der Waals surface area contributed by atoms with E-state index >= 15 is 0 Å². The standard InChI is InChI=1S/C16H29NO2/c1-2-7-16(8-3-1)9-6-15(19-16)13-18-12-14-5-4-10-17-11-14/h14-15,17H,1-13H2. The fraction of sp³-hybridized carbons (Fsp3) is 1.00. The van der Waals surface area contributed by atoms with Crippen molar-refractivity contribution in [3.63, 3.8) is 0 Å². The third kappa shape index (κ3) is 3.71. The van der Waals surface area contributed by atoms with Gasteiger partial charge in [-0.1, -0.05) is 19.3 Å². The van der Waals surface area contributed by atoms with Crippen LogP contribution in [0.1, 0.15) is 57.8 Å². The molecule has 3 nitrogen and oxygen atoms in total. The zero-order valence-corrected chi connectivity index (χ0v) is 12.2. The van der Waals surface area contributed by atoms with E-state index in [1.165, 1.54) is 64.3 Å². The highest BCUT2D eigenvalue weighted by Crippen LogP contribution is 2.41. The van der Waals surface area contributed by atoms with E-state index in [9.17, 15) is 0 Å². The molecule has 3 aliphatic rings. The van der Waals surface area contributed by atoms with Gasteiger partial charge < -0.3 is 14.8 Å². The summed E-state index contributed by atoms with van der Waals surface area (Å²) in [5, 5.41) is 3.45. The Balaban J connectivity index is 1.35. The Morgan fingerprint density at radius 2 is 1.89 bits per heavy atom. The van der Waals surface area contributed by atoms with Crippen molar-refractivity contribution >= 4 is 0 Å². The molecule has 2 heterocycles. The van der Waals surface area contributed by atoms with Crippen LogP contribution >= 0.6 is 0 Å². The molecule has 2 atom stereocenters. The number of hydrogen-bond acceptors (Lipinski definition) is 3. The topological polar surface area (TPSA) is 30.5 Å². The lowest BCUT2D eigenvalue weighted by Gasteiger charge is -2.33. The highest BCUT2D eigenvalue weighted by atomic mass is 16.6. The first kappa shape index (κ1) is 13.8. The van der Waals surface area contributed by atoms with E-state index in [0.717, 1.165) is 25.7 Å². The molecule has 3 heteroatoms. The van der Waals surface area contributed by atoms with Gasteiger partial charge >= 0.3 is 0 Å². The summed E-state index contributed by atoms with van der Waals surface area (Å²) >= 11 is 0. The SMILES string of the molecule is C1CCC2(CC1)CCC(COCC1CCCNC1)O2. The second-order valence-corrected chi connectivity index (χ2v) is 6.77. The average Bonchev–Trinajstić information content (AvgIpc) is 2.84. The number of hydrogen-bond donors (Lipinski definition) is 1. The minimum Gasteiger partial charge on any atom is -0.378 e. The maximum Gasteiger partial charge on any atom is 0.0817 e. The third-order valence-electron chi connectivity index (χ3n) is 5.16. The smallest absolute Gasteiger partial charge is 0.0817 e. The summed E-state index contributed by atoms with van der Waals surface area (Å²) in [7, 11) is 0. The molecule has 3 rings (SSSR count). The first-order chi connectivity index (χ1) is 9.36. The lowest BCUT2D eigenvalue weighted by atomic mass is 9.83. The van der Waals surface area contributed by atoms with Gasteiger partial charge in [0.2, 0.25) is 0 Å². The van der Waals surface area contributed by atoms with Gasteiger partial charge in [-0.25, -0.2) is 0 Å². The zero-order chi connectivity index (χ0) is 13.0. The average molecular weight is 267 g/mol. The largest absolute Gasteiger partial charge is 0.378 e. The quantitative estimate of drug-likeness (QED) is 0.849. The van der Waals surface area contributed by atoms with Gasteiger partial charge in [0.05, 0.1) is 24.9 Å². The number of rotatable bonds is 4. The Hall–Kier alpha value is -0.120. The molecule has 0 aromatic rings. The maximum atomic E-state index is 6.34. The first-order valence-corrected chi connectivity index (χ1v) is 8.33. The third-order valence-corrected chi connectivity index (χ3v) is 5.16. The lowest BCUT2D eigenvalue weighted by molar-refractivity contribution is -0.0908. The monoisotopic (exact) mass is 267 g/mol. The van der Waals surface area contributed by atoms with Crippen LogP contribution < -0.4 is 5.32 Å². The molecule has 0 amide bonds. The molecule has 19 heavy (non-hydrogen) atoms. The molecule has 1 N–H and O–H groups in total. The van der Waals surface area contributed by atoms with Crippen molar-refractivity contribution in [2.24, 2.45) is 5.92 Å². The van der Waals surface area contributed by atoms with Crippen LogP contribution in [0.25, 0.3) is 0 Å². The molecule has 1 saturated carbocycles. The fourth-order valence-corrected chi connectivity index (χ4v) is 4.01. The first-order valence-electron chi connectivity index (χ1n) is 8.33. The Morgan fingerprint density at radius 3 is 2.68 bits per heavy atom. The van der Waals surface area contributed by atoms with Crippen molar-refractivity contribution in [1.29, 1.82) is 0 Å². The summed E-state index contributed by atoms with van der Waals surface area (Å²) in [6, 6.07) is 0.